The number of anilines is 2. The Kier molecular flexibility index (Phi) is 10.4. The van der Waals surface area contributed by atoms with Crippen LogP contribution >= 0.6 is 11.8 Å². The second kappa shape index (κ2) is 13.3. The van der Waals surface area contributed by atoms with Gasteiger partial charge in [-0.3, -0.25) is 14.4 Å². The molecule has 0 heterocycles. The average Bonchev–Trinajstić information content (AvgIpc) is 2.78. The molecule has 2 aromatic carbocycles. The molecule has 0 aliphatic rings. The number of carbonyl (C=O) groups is 4. The number of unbranched alkanes of at least 4 members (excludes halogenated alkanes) is 1. The molecule has 0 saturated heterocycles. The van der Waals surface area contributed by atoms with Gasteiger partial charge in [0.2, 0.25) is 11.8 Å². The van der Waals surface area contributed by atoms with E-state index < -0.39 is 11.2 Å². The summed E-state index contributed by atoms with van der Waals surface area (Å²) in [5, 5.41) is 13.7. The van der Waals surface area contributed by atoms with Crippen LogP contribution in [0.3, 0.4) is 0 Å². The third-order valence-electron chi connectivity index (χ3n) is 4.48. The summed E-state index contributed by atoms with van der Waals surface area (Å²) in [6, 6.07) is 13.5. The van der Waals surface area contributed by atoms with E-state index in [2.05, 4.69) is 10.6 Å². The Balaban J connectivity index is 1.88. The summed E-state index contributed by atoms with van der Waals surface area (Å²) in [5.74, 6) is -2.02. The topological polar surface area (TPSA) is 122 Å². The number of aliphatic carboxylic acids is 1. The van der Waals surface area contributed by atoms with Crippen LogP contribution in [0.4, 0.5) is 11.4 Å². The first-order valence-corrected chi connectivity index (χ1v) is 11.5. The van der Waals surface area contributed by atoms with Crippen LogP contribution in [0.25, 0.3) is 0 Å². The summed E-state index contributed by atoms with van der Waals surface area (Å²) in [5.41, 5.74) is 1.52. The van der Waals surface area contributed by atoms with Crippen LogP contribution in [-0.4, -0.2) is 40.7 Å². The van der Waals surface area contributed by atoms with E-state index in [4.69, 9.17) is 9.84 Å². The Morgan fingerprint density at radius 1 is 1.00 bits per heavy atom. The Morgan fingerprint density at radius 2 is 1.73 bits per heavy atom. The largest absolute Gasteiger partial charge is 0.481 e. The summed E-state index contributed by atoms with van der Waals surface area (Å²) in [7, 11) is 0. The summed E-state index contributed by atoms with van der Waals surface area (Å²) in [6.07, 6.45) is 1.41. The molecule has 176 valence electrons. The third kappa shape index (κ3) is 9.36. The zero-order valence-electron chi connectivity index (χ0n) is 18.6. The fourth-order valence-corrected chi connectivity index (χ4v) is 3.60. The van der Waals surface area contributed by atoms with Crippen LogP contribution in [0.2, 0.25) is 0 Å². The molecule has 0 aromatic heterocycles. The predicted octanol–water partition coefficient (Wildman–Crippen LogP) is 4.57. The minimum Gasteiger partial charge on any atom is -0.481 e. The van der Waals surface area contributed by atoms with Crippen LogP contribution in [0.15, 0.2) is 53.4 Å². The number of rotatable bonds is 12. The maximum Gasteiger partial charge on any atom is 0.338 e. The van der Waals surface area contributed by atoms with Crippen LogP contribution in [-0.2, 0) is 19.1 Å². The minimum absolute atomic E-state index is 0.110. The molecule has 0 aliphatic heterocycles. The van der Waals surface area contributed by atoms with E-state index in [0.29, 0.717) is 23.5 Å². The molecule has 0 spiro atoms. The Labute approximate surface area is 197 Å². The van der Waals surface area contributed by atoms with Gasteiger partial charge in [0.05, 0.1) is 23.8 Å². The van der Waals surface area contributed by atoms with Gasteiger partial charge in [-0.15, -0.1) is 11.8 Å². The quantitative estimate of drug-likeness (QED) is 0.235. The monoisotopic (exact) mass is 472 g/mol. The highest BCUT2D eigenvalue weighted by Gasteiger charge is 2.16. The molecule has 3 N–H and O–H groups in total. The highest BCUT2D eigenvalue weighted by Crippen LogP contribution is 2.27. The smallest absolute Gasteiger partial charge is 0.338 e. The van der Waals surface area contributed by atoms with Crippen LogP contribution < -0.4 is 10.6 Å². The Bertz CT molecular complexity index is 977. The molecule has 9 heteroatoms. The lowest BCUT2D eigenvalue weighted by Gasteiger charge is -2.13. The molecule has 0 radical (unpaired) electrons. The number of carboxylic acid groups (broad SMARTS) is 1. The number of benzene rings is 2. The number of carbonyl (C=O) groups excluding carboxylic acids is 3. The van der Waals surface area contributed by atoms with Crippen LogP contribution in [0, 0.1) is 0 Å². The highest BCUT2D eigenvalue weighted by molar-refractivity contribution is 8.00. The first-order chi connectivity index (χ1) is 15.8. The lowest BCUT2D eigenvalue weighted by atomic mass is 10.2. The molecular weight excluding hydrogens is 444 g/mol. The predicted molar refractivity (Wildman–Crippen MR) is 128 cm³/mol. The Hall–Kier alpha value is -3.33. The van der Waals surface area contributed by atoms with Gasteiger partial charge in [0, 0.05) is 22.7 Å². The number of nitrogens with one attached hydrogen (secondary N) is 2. The number of thioether (sulfide) groups is 1. The first-order valence-electron chi connectivity index (χ1n) is 10.6. The van der Waals surface area contributed by atoms with Gasteiger partial charge in [-0.05, 0) is 55.8 Å². The van der Waals surface area contributed by atoms with E-state index in [9.17, 15) is 19.2 Å². The average molecular weight is 473 g/mol. The van der Waals surface area contributed by atoms with E-state index in [1.807, 2.05) is 13.0 Å². The van der Waals surface area contributed by atoms with Crippen molar-refractivity contribution in [1.29, 1.82) is 0 Å². The first kappa shape index (κ1) is 25.9. The molecule has 2 rings (SSSR count). The minimum atomic E-state index is -1.03. The Morgan fingerprint density at radius 3 is 2.39 bits per heavy atom. The summed E-state index contributed by atoms with van der Waals surface area (Å²) < 4.78 is 5.17. The van der Waals surface area contributed by atoms with Crippen molar-refractivity contribution in [1.82, 2.24) is 0 Å². The highest BCUT2D eigenvalue weighted by atomic mass is 32.2. The summed E-state index contributed by atoms with van der Waals surface area (Å²) >= 11 is 1.32. The number of esters is 1. The molecule has 1 atom stereocenters. The number of carboxylic acids is 1. The number of ether oxygens (including phenoxy) is 1. The van der Waals surface area contributed by atoms with Crippen molar-refractivity contribution in [3.05, 3.63) is 54.1 Å². The van der Waals surface area contributed by atoms with Gasteiger partial charge in [0.25, 0.3) is 0 Å². The van der Waals surface area contributed by atoms with Gasteiger partial charge in [-0.2, -0.15) is 0 Å². The van der Waals surface area contributed by atoms with E-state index in [-0.39, 0.29) is 30.6 Å². The van der Waals surface area contributed by atoms with E-state index in [1.54, 1.807) is 49.4 Å². The molecule has 0 saturated carbocycles. The third-order valence-corrected chi connectivity index (χ3v) is 5.58. The summed E-state index contributed by atoms with van der Waals surface area (Å²) in [4.78, 5) is 47.7. The molecular formula is C24H28N2O6S. The second-order valence-corrected chi connectivity index (χ2v) is 8.70. The maximum atomic E-state index is 12.6. The van der Waals surface area contributed by atoms with Crippen molar-refractivity contribution >= 4 is 46.9 Å². The number of hydrogen-bond donors (Lipinski definition) is 3. The van der Waals surface area contributed by atoms with Crippen molar-refractivity contribution in [2.24, 2.45) is 0 Å². The van der Waals surface area contributed by atoms with Gasteiger partial charge in [0.15, 0.2) is 0 Å². The zero-order chi connectivity index (χ0) is 24.2. The van der Waals surface area contributed by atoms with E-state index in [0.717, 1.165) is 17.7 Å². The van der Waals surface area contributed by atoms with Crippen molar-refractivity contribution in [2.75, 3.05) is 17.2 Å². The van der Waals surface area contributed by atoms with Gasteiger partial charge in [-0.1, -0.05) is 19.4 Å². The fourth-order valence-electron chi connectivity index (χ4n) is 2.67. The van der Waals surface area contributed by atoms with Crippen LogP contribution in [0.5, 0.6) is 0 Å². The lowest BCUT2D eigenvalue weighted by Crippen LogP contribution is -2.22. The number of hydrogen-bond acceptors (Lipinski definition) is 6. The molecule has 1 unspecified atom stereocenters. The van der Waals surface area contributed by atoms with Gasteiger partial charge in [0.1, 0.15) is 0 Å². The molecule has 8 nitrogen and oxygen atoms in total. The van der Waals surface area contributed by atoms with E-state index >= 15 is 0 Å². The summed E-state index contributed by atoms with van der Waals surface area (Å²) in [6.45, 7) is 4.16. The standard InChI is InChI=1S/C24H28N2O6S/c1-3-4-14-32-24(31)17-8-10-18(11-9-17)26-23(30)16(2)33-20-7-5-6-19(15-20)25-21(27)12-13-22(28)29/h5-11,15-16H,3-4,12-14H2,1-2H3,(H,25,27)(H,26,30)(H,28,29). The fraction of sp³-hybridized carbons (Fsp3) is 0.333. The van der Waals surface area contributed by atoms with Crippen molar-refractivity contribution < 1.29 is 29.0 Å². The molecule has 0 aliphatic carbocycles. The lowest BCUT2D eigenvalue weighted by molar-refractivity contribution is -0.138. The SMILES string of the molecule is CCCCOC(=O)c1ccc(NC(=O)C(C)Sc2cccc(NC(=O)CCC(=O)O)c2)cc1. The van der Waals surface area contributed by atoms with E-state index in [1.165, 1.54) is 11.8 Å². The zero-order valence-corrected chi connectivity index (χ0v) is 19.4. The second-order valence-electron chi connectivity index (χ2n) is 7.29. The molecule has 0 fully saturated rings. The van der Waals surface area contributed by atoms with Crippen molar-refractivity contribution in [3.8, 4) is 0 Å². The molecule has 2 aromatic rings. The normalized spacial score (nSPS) is 11.3. The van der Waals surface area contributed by atoms with Crippen molar-refractivity contribution in [2.45, 2.75) is 49.7 Å². The van der Waals surface area contributed by atoms with Gasteiger partial charge >= 0.3 is 11.9 Å². The number of amides is 2. The van der Waals surface area contributed by atoms with Crippen LogP contribution in [0.1, 0.15) is 49.9 Å². The molecule has 33 heavy (non-hydrogen) atoms. The van der Waals surface area contributed by atoms with Gasteiger partial charge in [-0.25, -0.2) is 4.79 Å². The molecule has 2 amide bonds. The molecule has 0 bridgehead atoms. The van der Waals surface area contributed by atoms with Crippen molar-refractivity contribution in [3.63, 3.8) is 0 Å². The van der Waals surface area contributed by atoms with Gasteiger partial charge < -0.3 is 20.5 Å². The maximum absolute atomic E-state index is 12.6.